The molecule has 4 N–H and O–H groups in total. The van der Waals surface area contributed by atoms with Crippen molar-refractivity contribution in [3.8, 4) is 0 Å². The van der Waals surface area contributed by atoms with Crippen molar-refractivity contribution in [3.63, 3.8) is 0 Å². The number of hydrogen-bond acceptors (Lipinski definition) is 4. The number of nitrogens with zero attached hydrogens (tertiary/aromatic N) is 1. The standard InChI is InChI=1S/C21H20ClN3O3/c22-12-6-16(15-10-23-25-17(15)7-12)21(28)8-13-14(9-21)18(13)24-20(27)19(26)11-4-2-1-3-5-11/h1-7,10,13-14,18-19,26,28H,8-9H2,(H,23,25)(H,24,27). The number of H-pyrrole nitrogens is 1. The van der Waals surface area contributed by atoms with E-state index in [9.17, 15) is 15.0 Å². The summed E-state index contributed by atoms with van der Waals surface area (Å²) in [6, 6.07) is 12.5. The number of carbonyl (C=O) groups is 1. The second-order valence-corrected chi connectivity index (χ2v) is 8.34. The van der Waals surface area contributed by atoms with Crippen LogP contribution in [0.15, 0.2) is 48.7 Å². The van der Waals surface area contributed by atoms with E-state index in [0.717, 1.165) is 16.5 Å². The molecule has 3 unspecified atom stereocenters. The van der Waals surface area contributed by atoms with Crippen molar-refractivity contribution in [3.05, 3.63) is 64.8 Å². The van der Waals surface area contributed by atoms with E-state index in [-0.39, 0.29) is 17.9 Å². The van der Waals surface area contributed by atoms with Gasteiger partial charge in [0.05, 0.1) is 17.3 Å². The number of aliphatic hydroxyl groups excluding tert-OH is 1. The average molecular weight is 398 g/mol. The lowest BCUT2D eigenvalue weighted by Crippen LogP contribution is -2.36. The first kappa shape index (κ1) is 17.7. The second-order valence-electron chi connectivity index (χ2n) is 7.90. The van der Waals surface area contributed by atoms with Crippen LogP contribution in [0.25, 0.3) is 10.9 Å². The van der Waals surface area contributed by atoms with Gasteiger partial charge in [-0.2, -0.15) is 5.10 Å². The maximum absolute atomic E-state index is 12.4. The Labute approximate surface area is 166 Å². The fourth-order valence-electron chi connectivity index (χ4n) is 4.73. The van der Waals surface area contributed by atoms with Crippen LogP contribution in [0.2, 0.25) is 5.02 Å². The summed E-state index contributed by atoms with van der Waals surface area (Å²) in [6.07, 6.45) is 1.62. The van der Waals surface area contributed by atoms with Crippen LogP contribution >= 0.6 is 11.6 Å². The topological polar surface area (TPSA) is 98.2 Å². The van der Waals surface area contributed by atoms with Crippen molar-refractivity contribution in [1.82, 2.24) is 15.5 Å². The van der Waals surface area contributed by atoms with Crippen LogP contribution in [0.1, 0.15) is 30.1 Å². The zero-order chi connectivity index (χ0) is 19.5. The van der Waals surface area contributed by atoms with Crippen molar-refractivity contribution in [2.45, 2.75) is 30.6 Å². The summed E-state index contributed by atoms with van der Waals surface area (Å²) in [5.74, 6) is -0.00941. The van der Waals surface area contributed by atoms with Crippen molar-refractivity contribution < 1.29 is 15.0 Å². The Morgan fingerprint density at radius 3 is 2.68 bits per heavy atom. The summed E-state index contributed by atoms with van der Waals surface area (Å²) in [7, 11) is 0. The van der Waals surface area contributed by atoms with Gasteiger partial charge in [0.2, 0.25) is 0 Å². The highest BCUT2D eigenvalue weighted by Gasteiger charge is 2.62. The van der Waals surface area contributed by atoms with E-state index in [1.807, 2.05) is 6.07 Å². The lowest BCUT2D eigenvalue weighted by molar-refractivity contribution is -0.130. The highest BCUT2D eigenvalue weighted by atomic mass is 35.5. The van der Waals surface area contributed by atoms with Gasteiger partial charge in [-0.3, -0.25) is 9.89 Å². The summed E-state index contributed by atoms with van der Waals surface area (Å²) < 4.78 is 0. The Morgan fingerprint density at radius 1 is 1.25 bits per heavy atom. The number of aromatic amines is 1. The van der Waals surface area contributed by atoms with Gasteiger partial charge in [-0.05, 0) is 47.9 Å². The number of nitrogens with one attached hydrogen (secondary N) is 2. The molecule has 2 saturated carbocycles. The molecule has 0 spiro atoms. The number of aromatic nitrogens is 2. The first-order valence-electron chi connectivity index (χ1n) is 9.35. The van der Waals surface area contributed by atoms with E-state index in [1.165, 1.54) is 0 Å². The fourth-order valence-corrected chi connectivity index (χ4v) is 4.95. The van der Waals surface area contributed by atoms with E-state index >= 15 is 0 Å². The predicted octanol–water partition coefficient (Wildman–Crippen LogP) is 2.66. The molecule has 144 valence electrons. The number of carbonyl (C=O) groups excluding carboxylic acids is 1. The lowest BCUT2D eigenvalue weighted by Gasteiger charge is -2.27. The molecule has 2 aromatic carbocycles. The van der Waals surface area contributed by atoms with E-state index in [1.54, 1.807) is 42.6 Å². The van der Waals surface area contributed by atoms with E-state index in [2.05, 4.69) is 15.5 Å². The van der Waals surface area contributed by atoms with Crippen molar-refractivity contribution in [1.29, 1.82) is 0 Å². The van der Waals surface area contributed by atoms with Gasteiger partial charge in [0, 0.05) is 16.5 Å². The molecule has 28 heavy (non-hydrogen) atoms. The third kappa shape index (κ3) is 2.80. The molecule has 0 saturated heterocycles. The smallest absolute Gasteiger partial charge is 0.253 e. The van der Waals surface area contributed by atoms with Crippen LogP contribution in [-0.2, 0) is 10.4 Å². The molecule has 7 heteroatoms. The van der Waals surface area contributed by atoms with Crippen molar-refractivity contribution in [2.24, 2.45) is 11.8 Å². The quantitative estimate of drug-likeness (QED) is 0.544. The molecule has 2 aliphatic carbocycles. The summed E-state index contributed by atoms with van der Waals surface area (Å²) in [6.45, 7) is 0. The maximum atomic E-state index is 12.4. The molecule has 0 radical (unpaired) electrons. The number of halogens is 1. The van der Waals surface area contributed by atoms with E-state index in [4.69, 9.17) is 11.6 Å². The van der Waals surface area contributed by atoms with Gasteiger partial charge < -0.3 is 15.5 Å². The molecule has 0 aliphatic heterocycles. The van der Waals surface area contributed by atoms with Crippen molar-refractivity contribution >= 4 is 28.4 Å². The Morgan fingerprint density at radius 2 is 1.96 bits per heavy atom. The molecule has 6 nitrogen and oxygen atoms in total. The monoisotopic (exact) mass is 397 g/mol. The zero-order valence-electron chi connectivity index (χ0n) is 15.0. The predicted molar refractivity (Wildman–Crippen MR) is 105 cm³/mol. The minimum atomic E-state index is -1.18. The summed E-state index contributed by atoms with van der Waals surface area (Å²) in [4.78, 5) is 12.4. The minimum Gasteiger partial charge on any atom is -0.385 e. The molecule has 1 aromatic heterocycles. The van der Waals surface area contributed by atoms with Crippen molar-refractivity contribution in [2.75, 3.05) is 0 Å². The van der Waals surface area contributed by atoms with Crippen LogP contribution in [0.4, 0.5) is 0 Å². The van der Waals surface area contributed by atoms with Gasteiger partial charge in [-0.25, -0.2) is 0 Å². The van der Waals surface area contributed by atoms with Gasteiger partial charge in [-0.1, -0.05) is 41.9 Å². The number of amides is 1. The number of rotatable bonds is 4. The Kier molecular flexibility index (Phi) is 3.98. The molecule has 2 fully saturated rings. The van der Waals surface area contributed by atoms with Crippen LogP contribution in [0.5, 0.6) is 0 Å². The first-order chi connectivity index (χ1) is 13.5. The Hall–Kier alpha value is -2.41. The molecular formula is C21H20ClN3O3. The van der Waals surface area contributed by atoms with Crippen LogP contribution in [-0.4, -0.2) is 32.4 Å². The molecule has 2 aliphatic rings. The average Bonchev–Trinajstić information content (AvgIpc) is 3.06. The van der Waals surface area contributed by atoms with Gasteiger partial charge in [0.1, 0.15) is 0 Å². The molecule has 1 heterocycles. The van der Waals surface area contributed by atoms with Crippen LogP contribution in [0, 0.1) is 11.8 Å². The minimum absolute atomic E-state index is 0.00911. The van der Waals surface area contributed by atoms with E-state index in [0.29, 0.717) is 23.4 Å². The molecule has 1 amide bonds. The van der Waals surface area contributed by atoms with Gasteiger partial charge in [0.25, 0.3) is 5.91 Å². The number of hydrogen-bond donors (Lipinski definition) is 4. The maximum Gasteiger partial charge on any atom is 0.253 e. The molecular weight excluding hydrogens is 378 g/mol. The third-order valence-electron chi connectivity index (χ3n) is 6.18. The van der Waals surface area contributed by atoms with Gasteiger partial charge in [0.15, 0.2) is 6.10 Å². The van der Waals surface area contributed by atoms with Gasteiger partial charge in [-0.15, -0.1) is 0 Å². The number of fused-ring (bicyclic) bond motifs is 2. The Bertz CT molecular complexity index is 1040. The summed E-state index contributed by atoms with van der Waals surface area (Å²) >= 11 is 6.22. The third-order valence-corrected chi connectivity index (χ3v) is 6.39. The number of aliphatic hydroxyl groups is 2. The highest BCUT2D eigenvalue weighted by Crippen LogP contribution is 2.60. The molecule has 3 aromatic rings. The number of benzene rings is 2. The molecule has 3 atom stereocenters. The largest absolute Gasteiger partial charge is 0.385 e. The van der Waals surface area contributed by atoms with Crippen LogP contribution in [0.3, 0.4) is 0 Å². The summed E-state index contributed by atoms with van der Waals surface area (Å²) in [5.41, 5.74) is 1.17. The lowest BCUT2D eigenvalue weighted by atomic mass is 9.86. The molecule has 5 rings (SSSR count). The summed E-state index contributed by atoms with van der Waals surface area (Å²) in [5, 5.41) is 32.8. The van der Waals surface area contributed by atoms with E-state index < -0.39 is 17.6 Å². The second kappa shape index (κ2) is 6.30. The zero-order valence-corrected chi connectivity index (χ0v) is 15.7. The fraction of sp³-hybridized carbons (Fsp3) is 0.333. The van der Waals surface area contributed by atoms with Crippen LogP contribution < -0.4 is 5.32 Å². The normalized spacial score (nSPS) is 29.5. The SMILES string of the molecule is O=C(NC1C2CC(O)(c3cc(Cl)cc4[nH]ncc34)CC21)C(O)c1ccccc1. The Balaban J connectivity index is 1.29. The molecule has 0 bridgehead atoms. The first-order valence-corrected chi connectivity index (χ1v) is 9.73. The van der Waals surface area contributed by atoms with Gasteiger partial charge >= 0.3 is 0 Å². The highest BCUT2D eigenvalue weighted by molar-refractivity contribution is 6.31.